The zero-order chi connectivity index (χ0) is 12.5. The van der Waals surface area contributed by atoms with Crippen LogP contribution in [0.3, 0.4) is 0 Å². The summed E-state index contributed by atoms with van der Waals surface area (Å²) in [5.41, 5.74) is 2.24. The minimum absolute atomic E-state index is 0.261. The Hall–Kier alpha value is -0.550. The van der Waals surface area contributed by atoms with Gasteiger partial charge in [0.05, 0.1) is 11.5 Å². The van der Waals surface area contributed by atoms with E-state index in [4.69, 9.17) is 0 Å². The van der Waals surface area contributed by atoms with Crippen LogP contribution in [0.4, 0.5) is 5.69 Å². The Morgan fingerprint density at radius 2 is 1.94 bits per heavy atom. The highest BCUT2D eigenvalue weighted by atomic mass is 79.9. The number of rotatable bonds is 2. The van der Waals surface area contributed by atoms with Crippen LogP contribution < -0.4 is 5.32 Å². The minimum Gasteiger partial charge on any atom is -0.381 e. The van der Waals surface area contributed by atoms with Crippen molar-refractivity contribution in [3.8, 4) is 0 Å². The van der Waals surface area contributed by atoms with Crippen LogP contribution in [0.5, 0.6) is 0 Å². The number of sulfone groups is 1. The summed E-state index contributed by atoms with van der Waals surface area (Å²) in [7, 11) is -2.78. The van der Waals surface area contributed by atoms with E-state index in [0.717, 1.165) is 10.2 Å². The van der Waals surface area contributed by atoms with E-state index in [2.05, 4.69) is 27.3 Å². The summed E-state index contributed by atoms with van der Waals surface area (Å²) in [5, 5.41) is 3.42. The predicted molar refractivity (Wildman–Crippen MR) is 74.2 cm³/mol. The van der Waals surface area contributed by atoms with Gasteiger partial charge in [0.2, 0.25) is 0 Å². The zero-order valence-electron chi connectivity index (χ0n) is 9.74. The van der Waals surface area contributed by atoms with Crippen LogP contribution in [0.1, 0.15) is 18.4 Å². The molecule has 1 aromatic carbocycles. The monoisotopic (exact) mass is 317 g/mol. The molecule has 0 saturated carbocycles. The summed E-state index contributed by atoms with van der Waals surface area (Å²) in [6, 6.07) is 6.39. The SMILES string of the molecule is Cc1ccc(Br)c(NC2CCS(=O)(=O)CC2)c1. The van der Waals surface area contributed by atoms with Gasteiger partial charge < -0.3 is 5.32 Å². The summed E-state index contributed by atoms with van der Waals surface area (Å²) in [6.45, 7) is 2.04. The molecule has 0 aliphatic carbocycles. The number of hydrogen-bond donors (Lipinski definition) is 1. The summed E-state index contributed by atoms with van der Waals surface area (Å²) < 4.78 is 23.7. The lowest BCUT2D eigenvalue weighted by atomic mass is 10.1. The fourth-order valence-electron chi connectivity index (χ4n) is 2.00. The summed E-state index contributed by atoms with van der Waals surface area (Å²) in [5.74, 6) is 0.599. The number of anilines is 1. The van der Waals surface area contributed by atoms with Gasteiger partial charge in [-0.3, -0.25) is 0 Å². The van der Waals surface area contributed by atoms with E-state index >= 15 is 0 Å². The average molecular weight is 318 g/mol. The molecule has 0 radical (unpaired) electrons. The van der Waals surface area contributed by atoms with Crippen molar-refractivity contribution in [3.05, 3.63) is 28.2 Å². The number of nitrogens with one attached hydrogen (secondary N) is 1. The molecule has 0 spiro atoms. The van der Waals surface area contributed by atoms with Crippen molar-refractivity contribution in [2.75, 3.05) is 16.8 Å². The molecule has 0 bridgehead atoms. The molecule has 1 aliphatic rings. The first-order chi connectivity index (χ1) is 7.96. The van der Waals surface area contributed by atoms with Crippen molar-refractivity contribution >= 4 is 31.5 Å². The second kappa shape index (κ2) is 4.98. The van der Waals surface area contributed by atoms with E-state index in [-0.39, 0.29) is 6.04 Å². The van der Waals surface area contributed by atoms with Gasteiger partial charge in [-0.15, -0.1) is 0 Å². The largest absolute Gasteiger partial charge is 0.381 e. The van der Waals surface area contributed by atoms with Crippen molar-refractivity contribution < 1.29 is 8.42 Å². The number of benzene rings is 1. The molecule has 94 valence electrons. The lowest BCUT2D eigenvalue weighted by molar-refractivity contribution is 0.559. The van der Waals surface area contributed by atoms with Crippen LogP contribution in [-0.4, -0.2) is 26.0 Å². The highest BCUT2D eigenvalue weighted by molar-refractivity contribution is 9.10. The molecule has 0 aromatic heterocycles. The summed E-state index contributed by atoms with van der Waals surface area (Å²) in [4.78, 5) is 0. The number of hydrogen-bond acceptors (Lipinski definition) is 3. The molecule has 2 rings (SSSR count). The lowest BCUT2D eigenvalue weighted by Crippen LogP contribution is -2.32. The molecule has 1 N–H and O–H groups in total. The normalized spacial score (nSPS) is 20.1. The van der Waals surface area contributed by atoms with Crippen molar-refractivity contribution in [1.29, 1.82) is 0 Å². The maximum absolute atomic E-state index is 11.3. The minimum atomic E-state index is -2.78. The lowest BCUT2D eigenvalue weighted by Gasteiger charge is -2.24. The fraction of sp³-hybridized carbons (Fsp3) is 0.500. The Kier molecular flexibility index (Phi) is 3.78. The number of halogens is 1. The van der Waals surface area contributed by atoms with Crippen LogP contribution in [0.25, 0.3) is 0 Å². The van der Waals surface area contributed by atoms with Gasteiger partial charge in [0.1, 0.15) is 9.84 Å². The van der Waals surface area contributed by atoms with E-state index < -0.39 is 9.84 Å². The quantitative estimate of drug-likeness (QED) is 0.912. The standard InChI is InChI=1S/C12H16BrNO2S/c1-9-2-3-11(13)12(8-9)14-10-4-6-17(15,16)7-5-10/h2-3,8,10,14H,4-7H2,1H3. The van der Waals surface area contributed by atoms with Gasteiger partial charge in [0.25, 0.3) is 0 Å². The Balaban J connectivity index is 2.05. The van der Waals surface area contributed by atoms with E-state index in [1.54, 1.807) is 0 Å². The first kappa shape index (κ1) is 12.9. The first-order valence-corrected chi connectivity index (χ1v) is 8.31. The van der Waals surface area contributed by atoms with Gasteiger partial charge >= 0.3 is 0 Å². The van der Waals surface area contributed by atoms with Gasteiger partial charge in [0, 0.05) is 16.2 Å². The third-order valence-electron chi connectivity index (χ3n) is 3.04. The molecule has 5 heteroatoms. The second-order valence-corrected chi connectivity index (χ2v) is 7.71. The molecule has 1 aliphatic heterocycles. The van der Waals surface area contributed by atoms with E-state index in [1.807, 2.05) is 19.1 Å². The van der Waals surface area contributed by atoms with Crippen LogP contribution in [-0.2, 0) is 9.84 Å². The molecule has 0 unspecified atom stereocenters. The maximum Gasteiger partial charge on any atom is 0.150 e. The first-order valence-electron chi connectivity index (χ1n) is 5.69. The Morgan fingerprint density at radius 3 is 2.59 bits per heavy atom. The molecular formula is C12H16BrNO2S. The van der Waals surface area contributed by atoms with Crippen LogP contribution >= 0.6 is 15.9 Å². The van der Waals surface area contributed by atoms with Gasteiger partial charge in [-0.25, -0.2) is 8.42 Å². The van der Waals surface area contributed by atoms with Crippen LogP contribution in [0.15, 0.2) is 22.7 Å². The smallest absolute Gasteiger partial charge is 0.150 e. The highest BCUT2D eigenvalue weighted by Crippen LogP contribution is 2.26. The average Bonchev–Trinajstić information content (AvgIpc) is 2.26. The topological polar surface area (TPSA) is 46.2 Å². The fourth-order valence-corrected chi connectivity index (χ4v) is 3.86. The van der Waals surface area contributed by atoms with Crippen LogP contribution in [0.2, 0.25) is 0 Å². The second-order valence-electron chi connectivity index (χ2n) is 4.55. The van der Waals surface area contributed by atoms with E-state index in [9.17, 15) is 8.42 Å². The Bertz CT molecular complexity index is 499. The molecule has 0 atom stereocenters. The highest BCUT2D eigenvalue weighted by Gasteiger charge is 2.23. The summed E-state index contributed by atoms with van der Waals surface area (Å²) >= 11 is 3.50. The van der Waals surface area contributed by atoms with Crippen LogP contribution in [0, 0.1) is 6.92 Å². The molecule has 0 amide bonds. The molecule has 1 fully saturated rings. The third-order valence-corrected chi connectivity index (χ3v) is 5.44. The zero-order valence-corrected chi connectivity index (χ0v) is 12.1. The van der Waals surface area contributed by atoms with E-state index in [1.165, 1.54) is 5.56 Å². The molecule has 1 heterocycles. The molecule has 3 nitrogen and oxygen atoms in total. The molecule has 1 aromatic rings. The van der Waals surface area contributed by atoms with Crippen molar-refractivity contribution in [1.82, 2.24) is 0 Å². The van der Waals surface area contributed by atoms with Gasteiger partial charge in [-0.1, -0.05) is 6.07 Å². The van der Waals surface area contributed by atoms with Crippen molar-refractivity contribution in [2.24, 2.45) is 0 Å². The molecule has 17 heavy (non-hydrogen) atoms. The van der Waals surface area contributed by atoms with Gasteiger partial charge in [-0.05, 0) is 53.4 Å². The molecule has 1 saturated heterocycles. The third kappa shape index (κ3) is 3.45. The van der Waals surface area contributed by atoms with E-state index in [0.29, 0.717) is 24.3 Å². The number of aryl methyl sites for hydroxylation is 1. The maximum atomic E-state index is 11.3. The predicted octanol–water partition coefficient (Wildman–Crippen LogP) is 2.75. The van der Waals surface area contributed by atoms with Crippen molar-refractivity contribution in [2.45, 2.75) is 25.8 Å². The van der Waals surface area contributed by atoms with Gasteiger partial charge in [0.15, 0.2) is 0 Å². The summed E-state index contributed by atoms with van der Waals surface area (Å²) in [6.07, 6.45) is 1.39. The Morgan fingerprint density at radius 1 is 1.29 bits per heavy atom. The molecular weight excluding hydrogens is 302 g/mol. The van der Waals surface area contributed by atoms with Crippen molar-refractivity contribution in [3.63, 3.8) is 0 Å². The van der Waals surface area contributed by atoms with Gasteiger partial charge in [-0.2, -0.15) is 0 Å². The Labute approximate surface area is 111 Å².